The number of nitrogens with zero attached hydrogens (tertiary/aromatic N) is 1. The predicted molar refractivity (Wildman–Crippen MR) is 92.4 cm³/mol. The zero-order valence-corrected chi connectivity index (χ0v) is 13.1. The van der Waals surface area contributed by atoms with Crippen LogP contribution in [0, 0.1) is 0 Å². The van der Waals surface area contributed by atoms with Crippen LogP contribution in [0.1, 0.15) is 10.4 Å². The molecule has 0 atom stereocenters. The number of benzene rings is 2. The summed E-state index contributed by atoms with van der Waals surface area (Å²) in [4.78, 5) is 27.5. The molecule has 25 heavy (non-hydrogen) atoms. The highest BCUT2D eigenvalue weighted by Crippen LogP contribution is 2.31. The molecule has 0 bridgehead atoms. The van der Waals surface area contributed by atoms with Gasteiger partial charge < -0.3 is 20.7 Å². The summed E-state index contributed by atoms with van der Waals surface area (Å²) >= 11 is 0. The maximum Gasteiger partial charge on any atom is 0.341 e. The van der Waals surface area contributed by atoms with Crippen molar-refractivity contribution in [3.8, 4) is 11.5 Å². The van der Waals surface area contributed by atoms with Crippen LogP contribution in [0.3, 0.4) is 0 Å². The molecule has 2 aromatic rings. The van der Waals surface area contributed by atoms with Crippen LogP contribution in [0.15, 0.2) is 65.3 Å². The largest absolute Gasteiger partial charge is 0.504 e. The van der Waals surface area contributed by atoms with Crippen molar-refractivity contribution in [2.24, 2.45) is 10.7 Å². The normalized spacial score (nSPS) is 11.4. The van der Waals surface area contributed by atoms with Crippen LogP contribution < -0.4 is 10.5 Å². The zero-order valence-electron chi connectivity index (χ0n) is 13.1. The first-order valence-corrected chi connectivity index (χ1v) is 7.25. The van der Waals surface area contributed by atoms with Crippen LogP contribution in [0.25, 0.3) is 0 Å². The number of hydrogen-bond acceptors (Lipinski definition) is 6. The molecular weight excluding hydrogens is 324 g/mol. The fourth-order valence-electron chi connectivity index (χ4n) is 1.98. The van der Waals surface area contributed by atoms with Crippen LogP contribution >= 0.6 is 0 Å². The number of ketones is 1. The summed E-state index contributed by atoms with van der Waals surface area (Å²) in [6.07, 6.45) is 2.38. The Morgan fingerprint density at radius 1 is 1.12 bits per heavy atom. The number of Topliss-reactive ketones (excluding diaryl/α,β-unsaturated/α-hetero) is 1. The Balaban J connectivity index is 2.30. The highest BCUT2D eigenvalue weighted by molar-refractivity contribution is 6.22. The lowest BCUT2D eigenvalue weighted by atomic mass is 10.0. The molecule has 0 aliphatic rings. The predicted octanol–water partition coefficient (Wildman–Crippen LogP) is 2.28. The quantitative estimate of drug-likeness (QED) is 0.404. The van der Waals surface area contributed by atoms with Crippen molar-refractivity contribution >= 4 is 23.7 Å². The summed E-state index contributed by atoms with van der Waals surface area (Å²) in [5.74, 6) is -2.36. The Bertz CT molecular complexity index is 829. The number of carboxylic acids is 1. The van der Waals surface area contributed by atoms with Gasteiger partial charge in [-0.25, -0.2) is 4.79 Å². The maximum absolute atomic E-state index is 12.6. The van der Waals surface area contributed by atoms with E-state index < -0.39 is 18.4 Å². The van der Waals surface area contributed by atoms with Gasteiger partial charge in [0.1, 0.15) is 0 Å². The van der Waals surface area contributed by atoms with Gasteiger partial charge in [-0.2, -0.15) is 0 Å². The van der Waals surface area contributed by atoms with Gasteiger partial charge in [-0.15, -0.1) is 0 Å². The first kappa shape index (κ1) is 17.7. The molecule has 2 aromatic carbocycles. The molecule has 0 aliphatic heterocycles. The maximum atomic E-state index is 12.6. The number of carboxylic acid groups (broad SMARTS) is 1. The van der Waals surface area contributed by atoms with Crippen molar-refractivity contribution in [2.45, 2.75) is 0 Å². The number of hydrogen-bond donors (Lipinski definition) is 3. The van der Waals surface area contributed by atoms with Crippen LogP contribution in [0.5, 0.6) is 11.5 Å². The van der Waals surface area contributed by atoms with E-state index in [4.69, 9.17) is 15.6 Å². The van der Waals surface area contributed by atoms with Gasteiger partial charge in [0, 0.05) is 12.4 Å². The summed E-state index contributed by atoms with van der Waals surface area (Å²) in [7, 11) is 0. The molecule has 0 fully saturated rings. The van der Waals surface area contributed by atoms with E-state index in [1.54, 1.807) is 24.3 Å². The van der Waals surface area contributed by atoms with Crippen LogP contribution in [0.2, 0.25) is 0 Å². The monoisotopic (exact) mass is 340 g/mol. The molecule has 4 N–H and O–H groups in total. The number of carbonyl (C=O) groups is 2. The first-order chi connectivity index (χ1) is 12.0. The number of rotatable bonds is 7. The number of aromatic hydroxyl groups is 1. The van der Waals surface area contributed by atoms with E-state index >= 15 is 0 Å². The molecule has 0 aliphatic carbocycles. The number of carbonyl (C=O) groups excluding carboxylic acids is 1. The highest BCUT2D eigenvalue weighted by Gasteiger charge is 2.19. The van der Waals surface area contributed by atoms with Gasteiger partial charge >= 0.3 is 5.97 Å². The van der Waals surface area contributed by atoms with Gasteiger partial charge in [-0.1, -0.05) is 24.3 Å². The SMILES string of the molecule is NC=C(C=Nc1ccccc1)C(=O)c1cccc(O)c1OCC(=O)O. The lowest BCUT2D eigenvalue weighted by Crippen LogP contribution is -2.14. The van der Waals surface area contributed by atoms with Crippen molar-refractivity contribution < 1.29 is 24.5 Å². The number of phenolic OH excluding ortho intramolecular Hbond substituents is 1. The minimum atomic E-state index is -1.23. The number of ether oxygens (including phenoxy) is 1. The molecule has 7 heteroatoms. The van der Waals surface area contributed by atoms with Crippen LogP contribution in [0.4, 0.5) is 5.69 Å². The number of phenols is 1. The van der Waals surface area contributed by atoms with E-state index in [0.29, 0.717) is 5.69 Å². The molecule has 0 spiro atoms. The lowest BCUT2D eigenvalue weighted by Gasteiger charge is -2.11. The highest BCUT2D eigenvalue weighted by atomic mass is 16.5. The molecule has 0 unspecified atom stereocenters. The van der Waals surface area contributed by atoms with Crippen molar-refractivity contribution in [1.82, 2.24) is 0 Å². The smallest absolute Gasteiger partial charge is 0.341 e. The Morgan fingerprint density at radius 3 is 2.48 bits per heavy atom. The van der Waals surface area contributed by atoms with Crippen LogP contribution in [-0.2, 0) is 4.79 Å². The topological polar surface area (TPSA) is 122 Å². The Kier molecular flexibility index (Phi) is 5.89. The van der Waals surface area contributed by atoms with Gasteiger partial charge in [0.2, 0.25) is 0 Å². The molecule has 2 rings (SSSR count). The second-order valence-electron chi connectivity index (χ2n) is 4.88. The number of aliphatic carboxylic acids is 1. The average Bonchev–Trinajstić information content (AvgIpc) is 2.61. The Hall–Kier alpha value is -3.61. The third-order valence-corrected chi connectivity index (χ3v) is 3.13. The standard InChI is InChI=1S/C18H16N2O5/c19-9-12(10-20-13-5-2-1-3-6-13)17(24)14-7-4-8-15(21)18(14)25-11-16(22)23/h1-10,21H,11,19H2,(H,22,23). The fourth-order valence-corrected chi connectivity index (χ4v) is 1.98. The van der Waals surface area contributed by atoms with E-state index in [-0.39, 0.29) is 22.6 Å². The van der Waals surface area contributed by atoms with Crippen molar-refractivity contribution in [3.05, 3.63) is 65.9 Å². The molecule has 0 amide bonds. The molecule has 0 aromatic heterocycles. The molecule has 0 radical (unpaired) electrons. The summed E-state index contributed by atoms with van der Waals surface area (Å²) in [6.45, 7) is -0.697. The van der Waals surface area contributed by atoms with Gasteiger partial charge in [0.15, 0.2) is 23.9 Å². The fraction of sp³-hybridized carbons (Fsp3) is 0.0556. The molecule has 128 valence electrons. The molecule has 7 nitrogen and oxygen atoms in total. The first-order valence-electron chi connectivity index (χ1n) is 7.25. The Morgan fingerprint density at radius 2 is 1.84 bits per heavy atom. The third kappa shape index (κ3) is 4.68. The number of aliphatic imine (C=N–C) groups is 1. The third-order valence-electron chi connectivity index (χ3n) is 3.13. The van der Waals surface area contributed by atoms with Gasteiger partial charge in [-0.05, 0) is 24.3 Å². The second-order valence-corrected chi connectivity index (χ2v) is 4.88. The van der Waals surface area contributed by atoms with Crippen LogP contribution in [-0.4, -0.2) is 34.8 Å². The van der Waals surface area contributed by atoms with Crippen molar-refractivity contribution in [2.75, 3.05) is 6.61 Å². The zero-order chi connectivity index (χ0) is 18.2. The van der Waals surface area contributed by atoms with Gasteiger partial charge in [0.05, 0.1) is 16.8 Å². The van der Waals surface area contributed by atoms with E-state index in [0.717, 1.165) is 6.20 Å². The van der Waals surface area contributed by atoms with Gasteiger partial charge in [-0.3, -0.25) is 9.79 Å². The van der Waals surface area contributed by atoms with E-state index in [1.165, 1.54) is 24.4 Å². The second kappa shape index (κ2) is 8.30. The Labute approximate surface area is 143 Å². The molecule has 0 saturated carbocycles. The molecule has 0 heterocycles. The molecule has 0 saturated heterocycles. The van der Waals surface area contributed by atoms with Crippen molar-refractivity contribution in [3.63, 3.8) is 0 Å². The minimum absolute atomic E-state index is 0.0162. The minimum Gasteiger partial charge on any atom is -0.504 e. The average molecular weight is 340 g/mol. The summed E-state index contributed by atoms with van der Waals surface area (Å²) in [6, 6.07) is 13.1. The van der Waals surface area contributed by atoms with Gasteiger partial charge in [0.25, 0.3) is 0 Å². The summed E-state index contributed by atoms with van der Waals surface area (Å²) < 4.78 is 5.03. The lowest BCUT2D eigenvalue weighted by molar-refractivity contribution is -0.139. The molecular formula is C18H16N2O5. The van der Waals surface area contributed by atoms with E-state index in [9.17, 15) is 14.7 Å². The number of nitrogens with two attached hydrogens (primary N) is 1. The summed E-state index contributed by atoms with van der Waals surface area (Å²) in [5, 5.41) is 18.6. The van der Waals surface area contributed by atoms with E-state index in [1.807, 2.05) is 6.07 Å². The van der Waals surface area contributed by atoms with E-state index in [2.05, 4.69) is 4.99 Å². The summed E-state index contributed by atoms with van der Waals surface area (Å²) in [5.41, 5.74) is 6.19. The number of para-hydroxylation sites is 2. The number of allylic oxidation sites excluding steroid dienone is 1. The van der Waals surface area contributed by atoms with Crippen molar-refractivity contribution in [1.29, 1.82) is 0 Å².